The average molecular weight is 214 g/mol. The summed E-state index contributed by atoms with van der Waals surface area (Å²) in [6, 6.07) is 7.85. The standard InChI is InChI=1S/C12H14N4/c1-2-11-10(3-4-12(15-11)16-13)9-5-7-14-8-6-9/h3-8H,2,13H2,1H3,(H,15,16). The Morgan fingerprint density at radius 3 is 2.56 bits per heavy atom. The fourth-order valence-corrected chi connectivity index (χ4v) is 1.65. The van der Waals surface area contributed by atoms with E-state index < -0.39 is 0 Å². The van der Waals surface area contributed by atoms with Crippen LogP contribution in [0.2, 0.25) is 0 Å². The van der Waals surface area contributed by atoms with Gasteiger partial charge in [-0.15, -0.1) is 0 Å². The molecule has 16 heavy (non-hydrogen) atoms. The number of hydrogen-bond acceptors (Lipinski definition) is 4. The molecule has 0 saturated heterocycles. The molecule has 0 aliphatic heterocycles. The minimum absolute atomic E-state index is 0.689. The molecule has 0 bridgehead atoms. The molecule has 0 atom stereocenters. The Bertz CT molecular complexity index is 468. The van der Waals surface area contributed by atoms with Crippen LogP contribution in [0.1, 0.15) is 12.6 Å². The number of nitrogens with zero attached hydrogens (tertiary/aromatic N) is 2. The van der Waals surface area contributed by atoms with Gasteiger partial charge in [-0.1, -0.05) is 6.92 Å². The van der Waals surface area contributed by atoms with Gasteiger partial charge >= 0.3 is 0 Å². The van der Waals surface area contributed by atoms with Crippen LogP contribution in [0.4, 0.5) is 5.82 Å². The molecule has 4 nitrogen and oxygen atoms in total. The van der Waals surface area contributed by atoms with Crippen molar-refractivity contribution in [3.05, 3.63) is 42.4 Å². The van der Waals surface area contributed by atoms with E-state index in [9.17, 15) is 0 Å². The Morgan fingerprint density at radius 2 is 1.94 bits per heavy atom. The lowest BCUT2D eigenvalue weighted by molar-refractivity contribution is 1.03. The number of pyridine rings is 2. The molecule has 0 saturated carbocycles. The summed E-state index contributed by atoms with van der Waals surface area (Å²) in [5.74, 6) is 6.03. The molecule has 0 spiro atoms. The van der Waals surface area contributed by atoms with Crippen LogP contribution in [0.3, 0.4) is 0 Å². The van der Waals surface area contributed by atoms with E-state index in [1.54, 1.807) is 12.4 Å². The molecular formula is C12H14N4. The molecule has 82 valence electrons. The van der Waals surface area contributed by atoms with Crippen LogP contribution in [0.5, 0.6) is 0 Å². The molecule has 2 aromatic rings. The zero-order chi connectivity index (χ0) is 11.4. The largest absolute Gasteiger partial charge is 0.308 e. The molecule has 0 radical (unpaired) electrons. The first kappa shape index (κ1) is 10.6. The van der Waals surface area contributed by atoms with E-state index in [1.165, 1.54) is 0 Å². The summed E-state index contributed by atoms with van der Waals surface area (Å²) in [5.41, 5.74) is 5.84. The van der Waals surface area contributed by atoms with Crippen molar-refractivity contribution < 1.29 is 0 Å². The molecule has 0 amide bonds. The number of hydrazine groups is 1. The molecule has 2 heterocycles. The van der Waals surface area contributed by atoms with Crippen molar-refractivity contribution in [2.24, 2.45) is 5.84 Å². The van der Waals surface area contributed by atoms with Crippen molar-refractivity contribution in [3.8, 4) is 11.1 Å². The molecule has 0 aliphatic carbocycles. The molecule has 3 N–H and O–H groups in total. The van der Waals surface area contributed by atoms with E-state index in [1.807, 2.05) is 24.3 Å². The van der Waals surface area contributed by atoms with Crippen molar-refractivity contribution in [1.29, 1.82) is 0 Å². The zero-order valence-corrected chi connectivity index (χ0v) is 9.14. The summed E-state index contributed by atoms with van der Waals surface area (Å²) in [6.07, 6.45) is 4.43. The van der Waals surface area contributed by atoms with Crippen LogP contribution >= 0.6 is 0 Å². The Labute approximate surface area is 94.5 Å². The molecule has 2 aromatic heterocycles. The highest BCUT2D eigenvalue weighted by molar-refractivity contribution is 5.66. The number of nitrogens with two attached hydrogens (primary N) is 1. The van der Waals surface area contributed by atoms with E-state index in [-0.39, 0.29) is 0 Å². The van der Waals surface area contributed by atoms with Gasteiger partial charge in [0, 0.05) is 18.0 Å². The summed E-state index contributed by atoms with van der Waals surface area (Å²) in [6.45, 7) is 2.08. The second-order valence-electron chi connectivity index (χ2n) is 3.42. The summed E-state index contributed by atoms with van der Waals surface area (Å²) in [7, 11) is 0. The van der Waals surface area contributed by atoms with E-state index >= 15 is 0 Å². The highest BCUT2D eigenvalue weighted by Crippen LogP contribution is 2.23. The van der Waals surface area contributed by atoms with Crippen molar-refractivity contribution in [2.75, 3.05) is 5.43 Å². The zero-order valence-electron chi connectivity index (χ0n) is 9.14. The fraction of sp³-hybridized carbons (Fsp3) is 0.167. The third kappa shape index (κ3) is 2.01. The van der Waals surface area contributed by atoms with E-state index in [4.69, 9.17) is 5.84 Å². The maximum atomic E-state index is 5.34. The molecule has 0 unspecified atom stereocenters. The molecule has 0 fully saturated rings. The number of rotatable bonds is 3. The Morgan fingerprint density at radius 1 is 1.19 bits per heavy atom. The maximum absolute atomic E-state index is 5.34. The van der Waals surface area contributed by atoms with Gasteiger partial charge in [-0.05, 0) is 36.2 Å². The lowest BCUT2D eigenvalue weighted by atomic mass is 10.0. The van der Waals surface area contributed by atoms with Gasteiger partial charge in [0.05, 0.1) is 5.69 Å². The van der Waals surface area contributed by atoms with Crippen LogP contribution in [0.15, 0.2) is 36.7 Å². The second kappa shape index (κ2) is 4.72. The summed E-state index contributed by atoms with van der Waals surface area (Å²) >= 11 is 0. The van der Waals surface area contributed by atoms with Crippen LogP contribution < -0.4 is 11.3 Å². The summed E-state index contributed by atoms with van der Waals surface area (Å²) < 4.78 is 0. The van der Waals surface area contributed by atoms with Gasteiger partial charge in [0.25, 0.3) is 0 Å². The topological polar surface area (TPSA) is 63.8 Å². The summed E-state index contributed by atoms with van der Waals surface area (Å²) in [5, 5.41) is 0. The first-order chi connectivity index (χ1) is 7.85. The lowest BCUT2D eigenvalue weighted by Crippen LogP contribution is -2.09. The first-order valence-corrected chi connectivity index (χ1v) is 5.22. The Hall–Kier alpha value is -1.94. The van der Waals surface area contributed by atoms with Crippen LogP contribution in [0, 0.1) is 0 Å². The molecule has 4 heteroatoms. The average Bonchev–Trinajstić information content (AvgIpc) is 2.39. The highest BCUT2D eigenvalue weighted by Gasteiger charge is 2.05. The van der Waals surface area contributed by atoms with Crippen molar-refractivity contribution in [2.45, 2.75) is 13.3 Å². The van der Waals surface area contributed by atoms with Crippen LogP contribution in [0.25, 0.3) is 11.1 Å². The van der Waals surface area contributed by atoms with Gasteiger partial charge in [-0.25, -0.2) is 10.8 Å². The molecular weight excluding hydrogens is 200 g/mol. The quantitative estimate of drug-likeness (QED) is 0.606. The van der Waals surface area contributed by atoms with Gasteiger partial charge in [0.2, 0.25) is 0 Å². The molecule has 2 rings (SSSR count). The van der Waals surface area contributed by atoms with Crippen LogP contribution in [-0.4, -0.2) is 9.97 Å². The SMILES string of the molecule is CCc1nc(NN)ccc1-c1ccncc1. The van der Waals surface area contributed by atoms with Gasteiger partial charge < -0.3 is 5.43 Å². The van der Waals surface area contributed by atoms with Gasteiger partial charge in [-0.2, -0.15) is 0 Å². The van der Waals surface area contributed by atoms with Crippen molar-refractivity contribution >= 4 is 5.82 Å². The summed E-state index contributed by atoms with van der Waals surface area (Å²) in [4.78, 5) is 8.44. The van der Waals surface area contributed by atoms with Gasteiger partial charge in [0.1, 0.15) is 5.82 Å². The number of aryl methyl sites for hydroxylation is 1. The number of anilines is 1. The normalized spacial score (nSPS) is 10.1. The van der Waals surface area contributed by atoms with Crippen LogP contribution in [-0.2, 0) is 6.42 Å². The number of aromatic nitrogens is 2. The minimum Gasteiger partial charge on any atom is -0.308 e. The van der Waals surface area contributed by atoms with Crippen molar-refractivity contribution in [1.82, 2.24) is 9.97 Å². The van der Waals surface area contributed by atoms with Gasteiger partial charge in [0.15, 0.2) is 0 Å². The Kier molecular flexibility index (Phi) is 3.12. The third-order valence-electron chi connectivity index (χ3n) is 2.45. The predicted octanol–water partition coefficient (Wildman–Crippen LogP) is 1.99. The van der Waals surface area contributed by atoms with E-state index in [2.05, 4.69) is 22.3 Å². The monoisotopic (exact) mass is 214 g/mol. The lowest BCUT2D eigenvalue weighted by Gasteiger charge is -2.09. The van der Waals surface area contributed by atoms with Crippen molar-refractivity contribution in [3.63, 3.8) is 0 Å². The highest BCUT2D eigenvalue weighted by atomic mass is 15.2. The first-order valence-electron chi connectivity index (χ1n) is 5.22. The smallest absolute Gasteiger partial charge is 0.140 e. The molecule has 0 aromatic carbocycles. The van der Waals surface area contributed by atoms with Gasteiger partial charge in [-0.3, -0.25) is 4.98 Å². The Balaban J connectivity index is 2.49. The maximum Gasteiger partial charge on any atom is 0.140 e. The minimum atomic E-state index is 0.689. The fourth-order valence-electron chi connectivity index (χ4n) is 1.65. The van der Waals surface area contributed by atoms with E-state index in [0.29, 0.717) is 5.82 Å². The number of nitrogens with one attached hydrogen (secondary N) is 1. The number of hydrogen-bond donors (Lipinski definition) is 2. The predicted molar refractivity (Wildman–Crippen MR) is 64.7 cm³/mol. The third-order valence-corrected chi connectivity index (χ3v) is 2.45. The van der Waals surface area contributed by atoms with E-state index in [0.717, 1.165) is 23.2 Å². The second-order valence-corrected chi connectivity index (χ2v) is 3.42. The number of nitrogen functional groups attached to an aromatic ring is 1. The molecule has 0 aliphatic rings.